The van der Waals surface area contributed by atoms with E-state index >= 15 is 0 Å². The molecule has 3 nitrogen and oxygen atoms in total. The van der Waals surface area contributed by atoms with E-state index in [1.54, 1.807) is 6.92 Å². The Morgan fingerprint density at radius 2 is 2.00 bits per heavy atom. The van der Waals surface area contributed by atoms with E-state index in [-0.39, 0.29) is 11.6 Å². The summed E-state index contributed by atoms with van der Waals surface area (Å²) in [5.41, 5.74) is -0.968. The summed E-state index contributed by atoms with van der Waals surface area (Å²) in [6.45, 7) is 1.60. The largest absolute Gasteiger partial charge is 0.481 e. The fraction of sp³-hybridized carbons (Fsp3) is 0.333. The molecule has 0 radical (unpaired) electrons. The third kappa shape index (κ3) is 6.23. The van der Waals surface area contributed by atoms with Gasteiger partial charge < -0.3 is 5.11 Å². The highest BCUT2D eigenvalue weighted by Gasteiger charge is 2.32. The first-order chi connectivity index (χ1) is 7.27. The number of alkyl halides is 3. The maximum absolute atomic E-state index is 11.8. The minimum absolute atomic E-state index is 0.153. The zero-order valence-corrected chi connectivity index (χ0v) is 9.01. The highest BCUT2D eigenvalue weighted by atomic mass is 35.5. The second-order valence-corrected chi connectivity index (χ2v) is 2.98. The van der Waals surface area contributed by atoms with E-state index in [1.807, 2.05) is 0 Å². The molecule has 0 aromatic carbocycles. The number of carboxylic acid groups (broad SMARTS) is 1. The van der Waals surface area contributed by atoms with Gasteiger partial charge in [-0.2, -0.15) is 13.2 Å². The molecule has 0 spiro atoms. The van der Waals surface area contributed by atoms with Crippen LogP contribution in [0.3, 0.4) is 0 Å². The zero-order chi connectivity index (χ0) is 12.8. The van der Waals surface area contributed by atoms with Crippen LogP contribution >= 0.6 is 11.6 Å². The van der Waals surface area contributed by atoms with Crippen molar-refractivity contribution >= 4 is 17.6 Å². The van der Waals surface area contributed by atoms with Crippen molar-refractivity contribution in [3.05, 3.63) is 29.0 Å². The van der Waals surface area contributed by atoms with Crippen LogP contribution in [0.4, 0.5) is 13.2 Å². The van der Waals surface area contributed by atoms with Gasteiger partial charge in [-0.1, -0.05) is 24.6 Å². The van der Waals surface area contributed by atoms with Crippen LogP contribution in [0.15, 0.2) is 18.2 Å². The van der Waals surface area contributed by atoms with Gasteiger partial charge in [0.05, 0.1) is 0 Å². The van der Waals surface area contributed by atoms with Crippen LogP contribution in [-0.4, -0.2) is 16.1 Å². The molecule has 1 aromatic rings. The molecule has 1 aromatic heterocycles. The summed E-state index contributed by atoms with van der Waals surface area (Å²) in [7, 11) is 0. The molecule has 90 valence electrons. The minimum Gasteiger partial charge on any atom is -0.481 e. The van der Waals surface area contributed by atoms with Crippen molar-refractivity contribution in [3.63, 3.8) is 0 Å². The number of carbonyl (C=O) groups is 1. The first kappa shape index (κ1) is 14.7. The number of aromatic nitrogens is 1. The van der Waals surface area contributed by atoms with Crippen molar-refractivity contribution in [1.82, 2.24) is 4.98 Å². The van der Waals surface area contributed by atoms with Gasteiger partial charge in [0.2, 0.25) is 0 Å². The lowest BCUT2D eigenvalue weighted by molar-refractivity contribution is -0.141. The number of carboxylic acids is 1. The summed E-state index contributed by atoms with van der Waals surface area (Å²) < 4.78 is 35.5. The quantitative estimate of drug-likeness (QED) is 0.784. The molecule has 0 bridgehead atoms. The summed E-state index contributed by atoms with van der Waals surface area (Å²) in [6, 6.07) is 3.36. The molecule has 0 fully saturated rings. The van der Waals surface area contributed by atoms with Gasteiger partial charge in [0, 0.05) is 6.42 Å². The second-order valence-electron chi connectivity index (χ2n) is 2.59. The van der Waals surface area contributed by atoms with Gasteiger partial charge in [-0.3, -0.25) is 4.79 Å². The van der Waals surface area contributed by atoms with Crippen molar-refractivity contribution in [2.75, 3.05) is 0 Å². The maximum Gasteiger partial charge on any atom is 0.433 e. The molecule has 0 amide bonds. The summed E-state index contributed by atoms with van der Waals surface area (Å²) in [5, 5.41) is 7.57. The Bertz CT molecular complexity index is 355. The maximum atomic E-state index is 11.8. The molecule has 0 aliphatic carbocycles. The van der Waals surface area contributed by atoms with Crippen LogP contribution in [0.5, 0.6) is 0 Å². The summed E-state index contributed by atoms with van der Waals surface area (Å²) in [4.78, 5) is 12.5. The van der Waals surface area contributed by atoms with Crippen molar-refractivity contribution in [2.45, 2.75) is 19.5 Å². The predicted molar refractivity (Wildman–Crippen MR) is 52.2 cm³/mol. The van der Waals surface area contributed by atoms with Gasteiger partial charge in [-0.25, -0.2) is 4.98 Å². The van der Waals surface area contributed by atoms with E-state index < -0.39 is 17.8 Å². The van der Waals surface area contributed by atoms with Gasteiger partial charge in [-0.05, 0) is 12.1 Å². The molecule has 0 saturated heterocycles. The van der Waals surface area contributed by atoms with Crippen LogP contribution in [-0.2, 0) is 11.0 Å². The summed E-state index contributed by atoms with van der Waals surface area (Å²) in [6.07, 6.45) is -4.19. The Balaban J connectivity index is 0.000000385. The van der Waals surface area contributed by atoms with E-state index in [9.17, 15) is 18.0 Å². The van der Waals surface area contributed by atoms with Gasteiger partial charge in [-0.15, -0.1) is 0 Å². The number of aliphatic carboxylic acids is 1. The van der Waals surface area contributed by atoms with Gasteiger partial charge in [0.25, 0.3) is 0 Å². The van der Waals surface area contributed by atoms with Crippen LogP contribution in [0, 0.1) is 0 Å². The lowest BCUT2D eigenvalue weighted by Gasteiger charge is -2.03. The number of hydrogen-bond acceptors (Lipinski definition) is 2. The van der Waals surface area contributed by atoms with Crippen molar-refractivity contribution < 1.29 is 23.1 Å². The Kier molecular flexibility index (Phi) is 5.81. The number of hydrogen-bond donors (Lipinski definition) is 1. The van der Waals surface area contributed by atoms with Crippen LogP contribution in [0.25, 0.3) is 0 Å². The van der Waals surface area contributed by atoms with Gasteiger partial charge in [0.1, 0.15) is 10.8 Å². The molecular weight excluding hydrogens is 247 g/mol. The zero-order valence-electron chi connectivity index (χ0n) is 8.25. The molecule has 0 aliphatic heterocycles. The van der Waals surface area contributed by atoms with E-state index in [0.717, 1.165) is 6.07 Å². The number of halogens is 4. The molecule has 1 N–H and O–H groups in total. The van der Waals surface area contributed by atoms with Crippen molar-refractivity contribution in [3.8, 4) is 0 Å². The molecule has 0 aliphatic rings. The number of nitrogens with zero attached hydrogens (tertiary/aromatic N) is 1. The highest BCUT2D eigenvalue weighted by Crippen LogP contribution is 2.27. The van der Waals surface area contributed by atoms with E-state index in [1.165, 1.54) is 12.1 Å². The smallest absolute Gasteiger partial charge is 0.433 e. The van der Waals surface area contributed by atoms with Gasteiger partial charge in [0.15, 0.2) is 0 Å². The van der Waals surface area contributed by atoms with Crippen LogP contribution in [0.1, 0.15) is 19.0 Å². The molecule has 7 heteroatoms. The number of rotatable bonds is 1. The van der Waals surface area contributed by atoms with Gasteiger partial charge >= 0.3 is 12.1 Å². The van der Waals surface area contributed by atoms with E-state index in [0.29, 0.717) is 0 Å². The average Bonchev–Trinajstić information content (AvgIpc) is 2.17. The van der Waals surface area contributed by atoms with Crippen molar-refractivity contribution in [2.24, 2.45) is 0 Å². The molecule has 16 heavy (non-hydrogen) atoms. The first-order valence-electron chi connectivity index (χ1n) is 4.19. The standard InChI is InChI=1S/C6H3ClF3N.C3H6O2/c7-5-3-1-2-4(11-5)6(8,9)10;1-2-3(4)5/h1-3H;2H2,1H3,(H,4,5). The topological polar surface area (TPSA) is 50.2 Å². The monoisotopic (exact) mass is 255 g/mol. The Labute approximate surface area is 94.9 Å². The third-order valence-corrected chi connectivity index (χ3v) is 1.52. The molecule has 1 rings (SSSR count). The molecule has 1 heterocycles. The van der Waals surface area contributed by atoms with E-state index in [2.05, 4.69) is 4.98 Å². The third-order valence-electron chi connectivity index (χ3n) is 1.31. The Morgan fingerprint density at radius 1 is 1.50 bits per heavy atom. The fourth-order valence-corrected chi connectivity index (χ4v) is 0.730. The number of pyridine rings is 1. The second kappa shape index (κ2) is 6.32. The lowest BCUT2D eigenvalue weighted by Crippen LogP contribution is -2.07. The van der Waals surface area contributed by atoms with E-state index in [4.69, 9.17) is 16.7 Å². The summed E-state index contributed by atoms with van der Waals surface area (Å²) in [5.74, 6) is -0.745. The lowest BCUT2D eigenvalue weighted by atomic mass is 10.3. The highest BCUT2D eigenvalue weighted by molar-refractivity contribution is 6.29. The Morgan fingerprint density at radius 3 is 2.25 bits per heavy atom. The van der Waals surface area contributed by atoms with Crippen LogP contribution < -0.4 is 0 Å². The van der Waals surface area contributed by atoms with Crippen molar-refractivity contribution in [1.29, 1.82) is 0 Å². The average molecular weight is 256 g/mol. The summed E-state index contributed by atoms with van der Waals surface area (Å²) >= 11 is 5.24. The van der Waals surface area contributed by atoms with Crippen LogP contribution in [0.2, 0.25) is 5.15 Å². The fourth-order valence-electron chi connectivity index (χ4n) is 0.566. The minimum atomic E-state index is -4.41. The normalized spacial score (nSPS) is 10.3. The Hall–Kier alpha value is -1.30. The molecule has 0 unspecified atom stereocenters. The first-order valence-corrected chi connectivity index (χ1v) is 4.56. The molecule has 0 saturated carbocycles. The predicted octanol–water partition coefficient (Wildman–Crippen LogP) is 3.23. The molecular formula is C9H9ClF3NO2. The molecule has 0 atom stereocenters. The SMILES string of the molecule is CCC(=O)O.FC(F)(F)c1cccc(Cl)n1.